The van der Waals surface area contributed by atoms with Crippen LogP contribution in [0, 0.1) is 0 Å². The fourth-order valence-corrected chi connectivity index (χ4v) is 6.92. The Morgan fingerprint density at radius 3 is 2.20 bits per heavy atom. The van der Waals surface area contributed by atoms with Crippen molar-refractivity contribution >= 4 is 34.9 Å². The number of anilines is 1. The van der Waals surface area contributed by atoms with E-state index in [4.69, 9.17) is 4.84 Å². The zero-order chi connectivity index (χ0) is 32.2. The Kier molecular flexibility index (Phi) is 9.56. The van der Waals surface area contributed by atoms with Gasteiger partial charge in [-0.15, -0.1) is 5.06 Å². The van der Waals surface area contributed by atoms with Gasteiger partial charge in [0.1, 0.15) is 7.05 Å². The van der Waals surface area contributed by atoms with Gasteiger partial charge < -0.3 is 9.74 Å². The third-order valence-corrected chi connectivity index (χ3v) is 9.43. The summed E-state index contributed by atoms with van der Waals surface area (Å²) in [6.07, 6.45) is 16.0. The SMILES string of the molecule is C[N+]1=C(C=CC=CC=C2N(CCCCCCCC(=O)ON3C(=O)CCC3=O)c3ccccc3C2(C)C)C(C)(C)c2ccccc21. The van der Waals surface area contributed by atoms with Crippen LogP contribution in [0.15, 0.2) is 84.6 Å². The highest BCUT2D eigenvalue weighted by Gasteiger charge is 2.42. The number of fused-ring (bicyclic) bond motifs is 2. The van der Waals surface area contributed by atoms with Crippen LogP contribution in [0.5, 0.6) is 0 Å². The van der Waals surface area contributed by atoms with Gasteiger partial charge in [-0.05, 0) is 44.4 Å². The molecule has 0 bridgehead atoms. The van der Waals surface area contributed by atoms with Crippen molar-refractivity contribution in [3.63, 3.8) is 0 Å². The number of para-hydroxylation sites is 2. The maximum absolute atomic E-state index is 12.1. The summed E-state index contributed by atoms with van der Waals surface area (Å²) in [6.45, 7) is 10.1. The number of amides is 2. The van der Waals surface area contributed by atoms with E-state index in [1.54, 1.807) is 0 Å². The number of imide groups is 1. The molecular formula is C38H46N3O4+. The molecule has 5 rings (SSSR count). The van der Waals surface area contributed by atoms with Gasteiger partial charge in [0.05, 0.1) is 5.41 Å². The quantitative estimate of drug-likeness (QED) is 0.108. The molecule has 7 heteroatoms. The van der Waals surface area contributed by atoms with Crippen LogP contribution in [-0.2, 0) is 30.1 Å². The largest absolute Gasteiger partial charge is 0.344 e. The number of nitrogens with zero attached hydrogens (tertiary/aromatic N) is 3. The minimum Gasteiger partial charge on any atom is -0.344 e. The molecule has 0 radical (unpaired) electrons. The Labute approximate surface area is 267 Å². The predicted octanol–water partition coefficient (Wildman–Crippen LogP) is 7.43. The fourth-order valence-electron chi connectivity index (χ4n) is 6.92. The van der Waals surface area contributed by atoms with E-state index in [0.29, 0.717) is 11.5 Å². The van der Waals surface area contributed by atoms with Crippen molar-refractivity contribution in [2.45, 2.75) is 89.9 Å². The van der Waals surface area contributed by atoms with E-state index in [0.717, 1.165) is 32.2 Å². The summed E-state index contributed by atoms with van der Waals surface area (Å²) in [4.78, 5) is 42.8. The summed E-state index contributed by atoms with van der Waals surface area (Å²) in [5.41, 5.74) is 7.67. The van der Waals surface area contributed by atoms with Crippen LogP contribution in [0.2, 0.25) is 0 Å². The third kappa shape index (κ3) is 6.58. The first-order valence-corrected chi connectivity index (χ1v) is 16.2. The van der Waals surface area contributed by atoms with Gasteiger partial charge in [-0.3, -0.25) is 9.59 Å². The van der Waals surface area contributed by atoms with Gasteiger partial charge in [-0.25, -0.2) is 4.79 Å². The van der Waals surface area contributed by atoms with E-state index in [9.17, 15) is 14.4 Å². The molecule has 0 atom stereocenters. The average molecular weight is 609 g/mol. The van der Waals surface area contributed by atoms with E-state index in [2.05, 4.69) is 123 Å². The van der Waals surface area contributed by atoms with Crippen molar-refractivity contribution in [2.24, 2.45) is 0 Å². The molecular weight excluding hydrogens is 562 g/mol. The molecule has 0 unspecified atom stereocenters. The van der Waals surface area contributed by atoms with Gasteiger partial charge in [0.15, 0.2) is 5.71 Å². The molecule has 0 N–H and O–H groups in total. The Bertz CT molecular complexity index is 1580. The monoisotopic (exact) mass is 608 g/mol. The Hall–Kier alpha value is -4.26. The zero-order valence-electron chi connectivity index (χ0n) is 27.3. The van der Waals surface area contributed by atoms with Crippen molar-refractivity contribution in [3.05, 3.63) is 95.7 Å². The molecule has 3 aliphatic rings. The van der Waals surface area contributed by atoms with Crippen molar-refractivity contribution in [1.29, 1.82) is 0 Å². The van der Waals surface area contributed by atoms with Crippen molar-refractivity contribution in [2.75, 3.05) is 18.5 Å². The summed E-state index contributed by atoms with van der Waals surface area (Å²) in [5.74, 6) is -1.40. The molecule has 2 aromatic carbocycles. The number of benzene rings is 2. The number of carbonyl (C=O) groups excluding carboxylic acids is 3. The minimum atomic E-state index is -0.519. The normalized spacial score (nSPS) is 19.4. The summed E-state index contributed by atoms with van der Waals surface area (Å²) in [5, 5.41) is 0.626. The number of carbonyl (C=O) groups is 3. The Balaban J connectivity index is 1.16. The number of unbranched alkanes of at least 4 members (excludes halogenated alkanes) is 4. The summed E-state index contributed by atoms with van der Waals surface area (Å²) in [7, 11) is 2.14. The van der Waals surface area contributed by atoms with Gasteiger partial charge in [-0.1, -0.05) is 87.7 Å². The van der Waals surface area contributed by atoms with Crippen LogP contribution in [0.1, 0.15) is 90.2 Å². The topological polar surface area (TPSA) is 69.9 Å². The second-order valence-corrected chi connectivity index (χ2v) is 13.2. The summed E-state index contributed by atoms with van der Waals surface area (Å²) >= 11 is 0. The predicted molar refractivity (Wildman–Crippen MR) is 178 cm³/mol. The van der Waals surface area contributed by atoms with E-state index in [1.807, 2.05) is 0 Å². The maximum atomic E-state index is 12.1. The lowest BCUT2D eigenvalue weighted by Gasteiger charge is -2.27. The highest BCUT2D eigenvalue weighted by Crippen LogP contribution is 2.47. The molecule has 0 saturated carbocycles. The number of hydrogen-bond donors (Lipinski definition) is 0. The maximum Gasteiger partial charge on any atom is 0.333 e. The molecule has 7 nitrogen and oxygen atoms in total. The summed E-state index contributed by atoms with van der Waals surface area (Å²) < 4.78 is 2.29. The summed E-state index contributed by atoms with van der Waals surface area (Å²) in [6, 6.07) is 17.3. The highest BCUT2D eigenvalue weighted by molar-refractivity contribution is 6.03. The van der Waals surface area contributed by atoms with Crippen LogP contribution in [0.25, 0.3) is 0 Å². The number of allylic oxidation sites excluding steroid dienone is 6. The first-order valence-electron chi connectivity index (χ1n) is 16.2. The number of rotatable bonds is 12. The number of hydroxylamine groups is 2. The molecule has 45 heavy (non-hydrogen) atoms. The fraction of sp³-hybridized carbons (Fsp3) is 0.421. The van der Waals surface area contributed by atoms with E-state index >= 15 is 0 Å². The van der Waals surface area contributed by atoms with E-state index in [-0.39, 0.29) is 30.1 Å². The van der Waals surface area contributed by atoms with Crippen LogP contribution < -0.4 is 4.90 Å². The molecule has 1 fully saturated rings. The van der Waals surface area contributed by atoms with Crippen LogP contribution in [0.3, 0.4) is 0 Å². The van der Waals surface area contributed by atoms with Crippen molar-refractivity contribution in [3.8, 4) is 0 Å². The van der Waals surface area contributed by atoms with E-state index in [1.165, 1.54) is 33.9 Å². The van der Waals surface area contributed by atoms with Gasteiger partial charge >= 0.3 is 5.97 Å². The van der Waals surface area contributed by atoms with Crippen LogP contribution >= 0.6 is 0 Å². The molecule has 3 aliphatic heterocycles. The third-order valence-electron chi connectivity index (χ3n) is 9.43. The minimum absolute atomic E-state index is 0.0438. The first kappa shape index (κ1) is 32.1. The molecule has 2 aromatic rings. The Morgan fingerprint density at radius 2 is 1.47 bits per heavy atom. The van der Waals surface area contributed by atoms with Gasteiger partial charge in [0.25, 0.3) is 11.8 Å². The van der Waals surface area contributed by atoms with Crippen molar-refractivity contribution < 1.29 is 23.8 Å². The van der Waals surface area contributed by atoms with Crippen LogP contribution in [0.4, 0.5) is 11.4 Å². The van der Waals surface area contributed by atoms with Gasteiger partial charge in [-0.2, -0.15) is 4.58 Å². The smallest absolute Gasteiger partial charge is 0.333 e. The van der Waals surface area contributed by atoms with Crippen molar-refractivity contribution in [1.82, 2.24) is 5.06 Å². The Morgan fingerprint density at radius 1 is 0.822 bits per heavy atom. The lowest BCUT2D eigenvalue weighted by molar-refractivity contribution is -0.401. The first-order chi connectivity index (χ1) is 21.5. The van der Waals surface area contributed by atoms with Crippen LogP contribution in [-0.4, -0.2) is 46.7 Å². The lowest BCUT2D eigenvalue weighted by atomic mass is 9.81. The molecule has 0 spiro atoms. The second-order valence-electron chi connectivity index (χ2n) is 13.2. The van der Waals surface area contributed by atoms with E-state index < -0.39 is 17.8 Å². The average Bonchev–Trinajstić information content (AvgIpc) is 3.52. The standard InChI is InChI=1S/C38H46N3O4/c1-37(2)28-18-13-15-20-30(28)39(5)32(37)22-10-9-11-23-33-38(3,4)29-19-14-16-21-31(29)40(33)27-17-8-6-7-12-24-36(44)45-41-34(42)25-26-35(41)43/h9-11,13-16,18-23H,6-8,12,17,24-27H2,1-5H3/q+1. The molecule has 0 aliphatic carbocycles. The number of hydrogen-bond acceptors (Lipinski definition) is 5. The molecule has 3 heterocycles. The lowest BCUT2D eigenvalue weighted by Crippen LogP contribution is -2.31. The molecule has 236 valence electrons. The highest BCUT2D eigenvalue weighted by atomic mass is 16.7. The molecule has 0 aromatic heterocycles. The second kappa shape index (κ2) is 13.4. The molecule has 1 saturated heterocycles. The van der Waals surface area contributed by atoms with Gasteiger partial charge in [0, 0.05) is 60.3 Å². The molecule has 2 amide bonds. The zero-order valence-corrected chi connectivity index (χ0v) is 27.3. The van der Waals surface area contributed by atoms with Gasteiger partial charge in [0.2, 0.25) is 5.69 Å².